The summed E-state index contributed by atoms with van der Waals surface area (Å²) in [5.41, 5.74) is 4.32. The largest absolute Gasteiger partial charge is 0.361 e. The van der Waals surface area contributed by atoms with Gasteiger partial charge in [0.05, 0.1) is 0 Å². The number of nitrogens with zero attached hydrogens (tertiary/aromatic N) is 2. The van der Waals surface area contributed by atoms with Gasteiger partial charge in [0.15, 0.2) is 0 Å². The second-order valence-electron chi connectivity index (χ2n) is 8.18. The number of imide groups is 1. The van der Waals surface area contributed by atoms with Crippen molar-refractivity contribution in [2.24, 2.45) is 0 Å². The predicted octanol–water partition coefficient (Wildman–Crippen LogP) is 2.95. The first kappa shape index (κ1) is 20.1. The highest BCUT2D eigenvalue weighted by Gasteiger charge is 2.39. The van der Waals surface area contributed by atoms with Crippen LogP contribution < -0.4 is 5.32 Å². The van der Waals surface area contributed by atoms with Crippen LogP contribution in [0.3, 0.4) is 0 Å². The van der Waals surface area contributed by atoms with E-state index >= 15 is 0 Å². The van der Waals surface area contributed by atoms with Crippen molar-refractivity contribution in [3.05, 3.63) is 78.0 Å². The summed E-state index contributed by atoms with van der Waals surface area (Å²) in [6.07, 6.45) is 5.04. The molecule has 4 amide bonds. The molecule has 1 fully saturated rings. The minimum atomic E-state index is -0.666. The standard InChI is InChI=1S/C25H24N4O3/c30-23(28-12-10-18(11-13-28)17-6-2-1-3-7-17)16-29-24(31)22(27-25(29)32)14-19-15-26-21-9-5-4-8-20(19)21/h1-10,15,22,26H,11-14,16H2,(H,27,32)/t22-/m0/s1. The number of carbonyl (C=O) groups is 3. The van der Waals surface area contributed by atoms with E-state index in [0.717, 1.165) is 33.4 Å². The Morgan fingerprint density at radius 2 is 1.81 bits per heavy atom. The van der Waals surface area contributed by atoms with Gasteiger partial charge in [-0.1, -0.05) is 54.6 Å². The van der Waals surface area contributed by atoms with Crippen molar-refractivity contribution >= 4 is 34.3 Å². The second-order valence-corrected chi connectivity index (χ2v) is 8.18. The fraction of sp³-hybridized carbons (Fsp3) is 0.240. The van der Waals surface area contributed by atoms with E-state index in [9.17, 15) is 14.4 Å². The number of hydrogen-bond donors (Lipinski definition) is 2. The molecule has 162 valence electrons. The van der Waals surface area contributed by atoms with Gasteiger partial charge in [-0.3, -0.25) is 14.5 Å². The first-order chi connectivity index (χ1) is 15.6. The van der Waals surface area contributed by atoms with Gasteiger partial charge in [-0.25, -0.2) is 4.79 Å². The molecule has 3 heterocycles. The highest BCUT2D eigenvalue weighted by molar-refractivity contribution is 6.06. The van der Waals surface area contributed by atoms with E-state index in [0.29, 0.717) is 19.5 Å². The molecule has 0 saturated carbocycles. The fourth-order valence-corrected chi connectivity index (χ4v) is 4.43. The first-order valence-corrected chi connectivity index (χ1v) is 10.8. The Morgan fingerprint density at radius 1 is 1.03 bits per heavy atom. The zero-order chi connectivity index (χ0) is 22.1. The molecule has 0 radical (unpaired) electrons. The SMILES string of the molecule is O=C(CN1C(=O)N[C@@H](Cc2c[nH]c3ccccc23)C1=O)N1CC=C(c2ccccc2)CC1. The summed E-state index contributed by atoms with van der Waals surface area (Å²) in [6.45, 7) is 0.816. The molecule has 2 aromatic carbocycles. The number of hydrogen-bond acceptors (Lipinski definition) is 3. The molecule has 0 unspecified atom stereocenters. The monoisotopic (exact) mass is 428 g/mol. The molecule has 3 aromatic rings. The predicted molar refractivity (Wildman–Crippen MR) is 122 cm³/mol. The van der Waals surface area contributed by atoms with Crippen LogP contribution >= 0.6 is 0 Å². The Kier molecular flexibility index (Phi) is 5.23. The Labute approximate surface area is 185 Å². The second kappa shape index (κ2) is 8.34. The minimum Gasteiger partial charge on any atom is -0.361 e. The van der Waals surface area contributed by atoms with E-state index in [2.05, 4.69) is 22.4 Å². The molecular weight excluding hydrogens is 404 g/mol. The van der Waals surface area contributed by atoms with Gasteiger partial charge in [-0.15, -0.1) is 0 Å². The normalized spacial score (nSPS) is 18.8. The molecule has 2 aliphatic rings. The number of aromatic nitrogens is 1. The summed E-state index contributed by atoms with van der Waals surface area (Å²) in [7, 11) is 0. The van der Waals surface area contributed by atoms with E-state index < -0.39 is 12.1 Å². The van der Waals surface area contributed by atoms with Crippen LogP contribution in [0, 0.1) is 0 Å². The molecule has 0 bridgehead atoms. The van der Waals surface area contributed by atoms with Gasteiger partial charge in [0.1, 0.15) is 12.6 Å². The van der Waals surface area contributed by atoms with Gasteiger partial charge in [0.25, 0.3) is 5.91 Å². The third-order valence-corrected chi connectivity index (χ3v) is 6.21. The summed E-state index contributed by atoms with van der Waals surface area (Å²) in [6, 6.07) is 16.8. The van der Waals surface area contributed by atoms with E-state index in [1.165, 1.54) is 5.57 Å². The molecule has 1 atom stereocenters. The van der Waals surface area contributed by atoms with Crippen LogP contribution in [0.5, 0.6) is 0 Å². The molecule has 7 heteroatoms. The van der Waals surface area contributed by atoms with Crippen molar-refractivity contribution in [3.63, 3.8) is 0 Å². The van der Waals surface area contributed by atoms with Crippen LogP contribution in [-0.2, 0) is 16.0 Å². The molecule has 32 heavy (non-hydrogen) atoms. The van der Waals surface area contributed by atoms with Crippen LogP contribution in [0.25, 0.3) is 16.5 Å². The molecule has 2 aliphatic heterocycles. The lowest BCUT2D eigenvalue weighted by Gasteiger charge is -2.28. The first-order valence-electron chi connectivity index (χ1n) is 10.8. The number of carbonyl (C=O) groups excluding carboxylic acids is 3. The van der Waals surface area contributed by atoms with E-state index in [1.54, 1.807) is 4.90 Å². The van der Waals surface area contributed by atoms with Gasteiger partial charge in [0.2, 0.25) is 5.91 Å². The number of urea groups is 1. The molecule has 1 aromatic heterocycles. The van der Waals surface area contributed by atoms with E-state index in [1.807, 2.05) is 54.7 Å². The minimum absolute atomic E-state index is 0.218. The average molecular weight is 428 g/mol. The van der Waals surface area contributed by atoms with Crippen molar-refractivity contribution < 1.29 is 14.4 Å². The zero-order valence-electron chi connectivity index (χ0n) is 17.6. The smallest absolute Gasteiger partial charge is 0.325 e. The van der Waals surface area contributed by atoms with E-state index in [4.69, 9.17) is 0 Å². The van der Waals surface area contributed by atoms with Gasteiger partial charge >= 0.3 is 6.03 Å². The van der Waals surface area contributed by atoms with Gasteiger partial charge in [-0.05, 0) is 29.2 Å². The Balaban J connectivity index is 1.22. The molecular formula is C25H24N4O3. The van der Waals surface area contributed by atoms with Gasteiger partial charge in [-0.2, -0.15) is 0 Å². The summed E-state index contributed by atoms with van der Waals surface area (Å²) in [4.78, 5) is 44.1. The summed E-state index contributed by atoms with van der Waals surface area (Å²) < 4.78 is 0. The lowest BCUT2D eigenvalue weighted by atomic mass is 9.99. The number of nitrogens with one attached hydrogen (secondary N) is 2. The third-order valence-electron chi connectivity index (χ3n) is 6.21. The van der Waals surface area contributed by atoms with Crippen molar-refractivity contribution in [1.82, 2.24) is 20.1 Å². The van der Waals surface area contributed by atoms with Crippen molar-refractivity contribution in [2.45, 2.75) is 18.9 Å². The highest BCUT2D eigenvalue weighted by Crippen LogP contribution is 2.23. The van der Waals surface area contributed by atoms with Gasteiger partial charge in [0, 0.05) is 36.6 Å². The van der Waals surface area contributed by atoms with Crippen molar-refractivity contribution in [2.75, 3.05) is 19.6 Å². The highest BCUT2D eigenvalue weighted by atomic mass is 16.2. The van der Waals surface area contributed by atoms with Crippen LogP contribution in [0.4, 0.5) is 4.79 Å². The fourth-order valence-electron chi connectivity index (χ4n) is 4.43. The van der Waals surface area contributed by atoms with Crippen molar-refractivity contribution in [3.8, 4) is 0 Å². The molecule has 1 saturated heterocycles. The summed E-state index contributed by atoms with van der Waals surface area (Å²) >= 11 is 0. The molecule has 2 N–H and O–H groups in total. The Hall–Kier alpha value is -3.87. The average Bonchev–Trinajstić information content (AvgIpc) is 3.36. The molecule has 0 aliphatic carbocycles. The quantitative estimate of drug-likeness (QED) is 0.613. The number of fused-ring (bicyclic) bond motifs is 1. The molecule has 0 spiro atoms. The van der Waals surface area contributed by atoms with Crippen LogP contribution in [0.1, 0.15) is 17.5 Å². The maximum atomic E-state index is 12.9. The maximum absolute atomic E-state index is 12.9. The maximum Gasteiger partial charge on any atom is 0.325 e. The van der Waals surface area contributed by atoms with Gasteiger partial charge < -0.3 is 15.2 Å². The number of benzene rings is 2. The topological polar surface area (TPSA) is 85.5 Å². The Morgan fingerprint density at radius 3 is 2.59 bits per heavy atom. The van der Waals surface area contributed by atoms with Crippen LogP contribution in [-0.4, -0.2) is 58.3 Å². The van der Waals surface area contributed by atoms with Crippen LogP contribution in [0.2, 0.25) is 0 Å². The summed E-state index contributed by atoms with van der Waals surface area (Å²) in [5.74, 6) is -0.573. The lowest BCUT2D eigenvalue weighted by Crippen LogP contribution is -2.44. The lowest BCUT2D eigenvalue weighted by molar-refractivity contribution is -0.137. The number of rotatable bonds is 5. The van der Waals surface area contributed by atoms with Crippen molar-refractivity contribution in [1.29, 1.82) is 0 Å². The van der Waals surface area contributed by atoms with E-state index in [-0.39, 0.29) is 18.4 Å². The Bertz CT molecular complexity index is 1210. The van der Waals surface area contributed by atoms with Crippen LogP contribution in [0.15, 0.2) is 66.9 Å². The number of amides is 4. The third kappa shape index (κ3) is 3.77. The number of H-pyrrole nitrogens is 1. The molecule has 5 rings (SSSR count). The number of aromatic amines is 1. The molecule has 7 nitrogen and oxygen atoms in total. The number of para-hydroxylation sites is 1. The summed E-state index contributed by atoms with van der Waals surface area (Å²) in [5, 5.41) is 3.76. The zero-order valence-corrected chi connectivity index (χ0v) is 17.6.